The molecule has 2 heterocycles. The second-order valence-corrected chi connectivity index (χ2v) is 6.00. The van der Waals surface area contributed by atoms with E-state index in [1.54, 1.807) is 0 Å². The molecule has 7 heteroatoms. The van der Waals surface area contributed by atoms with Gasteiger partial charge in [0.05, 0.1) is 12.1 Å². The van der Waals surface area contributed by atoms with Crippen LogP contribution in [0.1, 0.15) is 49.7 Å². The van der Waals surface area contributed by atoms with Crippen molar-refractivity contribution in [1.29, 1.82) is 0 Å². The van der Waals surface area contributed by atoms with Crippen molar-refractivity contribution in [3.8, 4) is 0 Å². The third-order valence-corrected chi connectivity index (χ3v) is 4.18. The fourth-order valence-electron chi connectivity index (χ4n) is 2.85. The summed E-state index contributed by atoms with van der Waals surface area (Å²) in [6.07, 6.45) is 3.64. The zero-order valence-electron chi connectivity index (χ0n) is 12.4. The molecule has 1 saturated carbocycles. The molecule has 114 valence electrons. The lowest BCUT2D eigenvalue weighted by Crippen LogP contribution is -2.19. The lowest BCUT2D eigenvalue weighted by Gasteiger charge is -2.20. The zero-order chi connectivity index (χ0) is 15.1. The van der Waals surface area contributed by atoms with Gasteiger partial charge in [-0.1, -0.05) is 0 Å². The van der Waals surface area contributed by atoms with E-state index in [4.69, 9.17) is 0 Å². The fraction of sp³-hybridized carbons (Fsp3) is 0.467. The Balaban J connectivity index is 1.53. The first kappa shape index (κ1) is 13.2. The Hall–Kier alpha value is -2.44. The molecule has 1 fully saturated rings. The van der Waals surface area contributed by atoms with Crippen molar-refractivity contribution in [2.45, 2.75) is 44.7 Å². The molecule has 4 rings (SSSR count). The average Bonchev–Trinajstić information content (AvgIpc) is 3.24. The minimum atomic E-state index is 0.0341. The van der Waals surface area contributed by atoms with Crippen LogP contribution >= 0.6 is 0 Å². The van der Waals surface area contributed by atoms with E-state index in [9.17, 15) is 4.79 Å². The van der Waals surface area contributed by atoms with Crippen LogP contribution in [0.4, 0.5) is 11.4 Å². The number of aromatic nitrogens is 4. The van der Waals surface area contributed by atoms with Crippen molar-refractivity contribution in [1.82, 2.24) is 20.2 Å². The molecule has 1 atom stereocenters. The van der Waals surface area contributed by atoms with Gasteiger partial charge in [-0.15, -0.1) is 5.10 Å². The van der Waals surface area contributed by atoms with Crippen LogP contribution in [0.25, 0.3) is 0 Å². The van der Waals surface area contributed by atoms with E-state index >= 15 is 0 Å². The van der Waals surface area contributed by atoms with Crippen LogP contribution in [0.2, 0.25) is 0 Å². The highest BCUT2D eigenvalue weighted by Gasteiger charge is 2.29. The molecule has 1 aromatic carbocycles. The molecule has 1 aliphatic carbocycles. The van der Waals surface area contributed by atoms with Crippen LogP contribution in [0, 0.1) is 0 Å². The largest absolute Gasteiger partial charge is 0.375 e. The van der Waals surface area contributed by atoms with Gasteiger partial charge in [0.1, 0.15) is 0 Å². The molecular formula is C15H18N6O. The summed E-state index contributed by atoms with van der Waals surface area (Å²) in [5.74, 6) is 0.957. The molecule has 0 unspecified atom stereocenters. The number of tetrazole rings is 1. The average molecular weight is 298 g/mol. The van der Waals surface area contributed by atoms with E-state index in [1.807, 2.05) is 16.8 Å². The number of rotatable bonds is 4. The summed E-state index contributed by atoms with van der Waals surface area (Å²) >= 11 is 0. The van der Waals surface area contributed by atoms with Gasteiger partial charge in [0.15, 0.2) is 5.82 Å². The van der Waals surface area contributed by atoms with E-state index in [0.29, 0.717) is 12.5 Å². The molecule has 1 aromatic heterocycles. The molecular weight excluding hydrogens is 280 g/mol. The van der Waals surface area contributed by atoms with E-state index < -0.39 is 0 Å². The number of carbonyl (C=O) groups excluding carboxylic acids is 1. The topological polar surface area (TPSA) is 84.7 Å². The molecule has 2 aliphatic rings. The maximum Gasteiger partial charge on any atom is 0.224 e. The molecule has 0 saturated heterocycles. The van der Waals surface area contributed by atoms with Crippen molar-refractivity contribution < 1.29 is 4.79 Å². The normalized spacial score (nSPS) is 18.5. The first-order chi connectivity index (χ1) is 10.7. The smallest absolute Gasteiger partial charge is 0.224 e. The van der Waals surface area contributed by atoms with Gasteiger partial charge in [0, 0.05) is 17.8 Å². The van der Waals surface area contributed by atoms with Crippen molar-refractivity contribution >= 4 is 17.3 Å². The Labute approximate surface area is 128 Å². The maximum atomic E-state index is 11.4. The van der Waals surface area contributed by atoms with Crippen LogP contribution in [-0.4, -0.2) is 26.1 Å². The summed E-state index contributed by atoms with van der Waals surface area (Å²) in [5.41, 5.74) is 3.10. The molecule has 22 heavy (non-hydrogen) atoms. The Kier molecular flexibility index (Phi) is 3.06. The van der Waals surface area contributed by atoms with Crippen LogP contribution in [0.15, 0.2) is 18.2 Å². The Morgan fingerprint density at radius 3 is 3.05 bits per heavy atom. The number of benzene rings is 1. The van der Waals surface area contributed by atoms with Crippen LogP contribution < -0.4 is 10.6 Å². The van der Waals surface area contributed by atoms with Gasteiger partial charge >= 0.3 is 0 Å². The highest BCUT2D eigenvalue weighted by atomic mass is 16.1. The molecule has 1 amide bonds. The number of aryl methyl sites for hydroxylation is 1. The number of nitrogens with one attached hydrogen (secondary N) is 2. The Morgan fingerprint density at radius 2 is 2.23 bits per heavy atom. The first-order valence-corrected chi connectivity index (χ1v) is 7.68. The standard InChI is InChI=1S/C15H18N6O/c1-9(15-18-19-20-21(15)12-4-5-12)16-11-3-6-13-10(8-11)2-7-14(22)17-13/h3,6,8-9,12,16H,2,4-5,7H2,1H3,(H,17,22)/t9-/m0/s1. The van der Waals surface area contributed by atoms with Crippen molar-refractivity contribution in [3.05, 3.63) is 29.6 Å². The van der Waals surface area contributed by atoms with E-state index in [-0.39, 0.29) is 11.9 Å². The highest BCUT2D eigenvalue weighted by Crippen LogP contribution is 2.36. The Bertz CT molecular complexity index is 721. The maximum absolute atomic E-state index is 11.4. The second-order valence-electron chi connectivity index (χ2n) is 6.00. The summed E-state index contributed by atoms with van der Waals surface area (Å²) in [4.78, 5) is 11.4. The summed E-state index contributed by atoms with van der Waals surface area (Å²) in [7, 11) is 0. The summed E-state index contributed by atoms with van der Waals surface area (Å²) in [5, 5.41) is 18.4. The predicted octanol–water partition coefficient (Wildman–Crippen LogP) is 2.07. The van der Waals surface area contributed by atoms with Gasteiger partial charge in [-0.05, 0) is 60.4 Å². The summed E-state index contributed by atoms with van der Waals surface area (Å²) < 4.78 is 1.93. The monoisotopic (exact) mass is 298 g/mol. The van der Waals surface area contributed by atoms with E-state index in [1.165, 1.54) is 5.56 Å². The minimum absolute atomic E-state index is 0.0341. The van der Waals surface area contributed by atoms with Gasteiger partial charge in [-0.3, -0.25) is 4.79 Å². The van der Waals surface area contributed by atoms with Crippen molar-refractivity contribution in [2.24, 2.45) is 0 Å². The SMILES string of the molecule is C[C@H](Nc1ccc2c(c1)CCC(=O)N2)c1nnnn1C1CC1. The van der Waals surface area contributed by atoms with Gasteiger partial charge in [-0.25, -0.2) is 4.68 Å². The van der Waals surface area contributed by atoms with Crippen molar-refractivity contribution in [2.75, 3.05) is 10.6 Å². The van der Waals surface area contributed by atoms with Gasteiger partial charge < -0.3 is 10.6 Å². The van der Waals surface area contributed by atoms with Crippen LogP contribution in [0.3, 0.4) is 0 Å². The molecule has 0 bridgehead atoms. The van der Waals surface area contributed by atoms with Gasteiger partial charge in [0.2, 0.25) is 5.91 Å². The quantitative estimate of drug-likeness (QED) is 0.902. The summed E-state index contributed by atoms with van der Waals surface area (Å²) in [6.45, 7) is 2.06. The third kappa shape index (κ3) is 2.43. The molecule has 7 nitrogen and oxygen atoms in total. The van der Waals surface area contributed by atoms with Gasteiger partial charge in [-0.2, -0.15) is 0 Å². The predicted molar refractivity (Wildman–Crippen MR) is 81.5 cm³/mol. The number of amides is 1. The lowest BCUT2D eigenvalue weighted by molar-refractivity contribution is -0.116. The first-order valence-electron chi connectivity index (χ1n) is 7.68. The number of hydrogen-bond acceptors (Lipinski definition) is 5. The van der Waals surface area contributed by atoms with E-state index in [2.05, 4.69) is 39.1 Å². The number of anilines is 2. The molecule has 2 N–H and O–H groups in total. The molecule has 0 radical (unpaired) electrons. The number of hydrogen-bond donors (Lipinski definition) is 2. The zero-order valence-corrected chi connectivity index (χ0v) is 12.4. The highest BCUT2D eigenvalue weighted by molar-refractivity contribution is 5.94. The number of carbonyl (C=O) groups is 1. The van der Waals surface area contributed by atoms with Crippen LogP contribution in [0.5, 0.6) is 0 Å². The number of nitrogens with zero attached hydrogens (tertiary/aromatic N) is 4. The molecule has 0 spiro atoms. The van der Waals surface area contributed by atoms with Gasteiger partial charge in [0.25, 0.3) is 0 Å². The second kappa shape index (κ2) is 5.08. The molecule has 2 aromatic rings. The van der Waals surface area contributed by atoms with E-state index in [0.717, 1.165) is 36.5 Å². The number of fused-ring (bicyclic) bond motifs is 1. The van der Waals surface area contributed by atoms with Crippen molar-refractivity contribution in [3.63, 3.8) is 0 Å². The lowest BCUT2D eigenvalue weighted by atomic mass is 10.0. The molecule has 1 aliphatic heterocycles. The third-order valence-electron chi connectivity index (χ3n) is 4.18. The fourth-order valence-corrected chi connectivity index (χ4v) is 2.85. The van der Waals surface area contributed by atoms with Crippen LogP contribution in [-0.2, 0) is 11.2 Å². The summed E-state index contributed by atoms with van der Waals surface area (Å²) in [6, 6.07) is 6.52. The minimum Gasteiger partial charge on any atom is -0.375 e. The Morgan fingerprint density at radius 1 is 1.36 bits per heavy atom.